The minimum atomic E-state index is -0.889. The Kier molecular flexibility index (Phi) is 7.09. The second-order valence-electron chi connectivity index (χ2n) is 10.8. The third-order valence-corrected chi connectivity index (χ3v) is 9.13. The number of aromatic nitrogens is 1. The molecular weight excluding hydrogens is 537 g/mol. The predicted octanol–water partition coefficient (Wildman–Crippen LogP) is 5.98. The van der Waals surface area contributed by atoms with Gasteiger partial charge in [-0.1, -0.05) is 5.57 Å². The molecule has 1 amide bonds. The van der Waals surface area contributed by atoms with Crippen LogP contribution in [0.15, 0.2) is 88.6 Å². The number of likely N-dealkylation sites (N-methyl/N-ethyl adjacent to an activating group) is 1. The number of pyridine rings is 1. The maximum atomic E-state index is 14.4. The largest absolute Gasteiger partial charge is 0.355 e. The van der Waals surface area contributed by atoms with Crippen molar-refractivity contribution in [2.45, 2.75) is 31.1 Å². The second kappa shape index (κ2) is 10.7. The molecule has 1 aliphatic carbocycles. The molecular formula is C32H30FN5O2S. The van der Waals surface area contributed by atoms with Crippen molar-refractivity contribution < 1.29 is 14.0 Å². The molecule has 6 rings (SSSR count). The fourth-order valence-electron chi connectivity index (χ4n) is 5.90. The van der Waals surface area contributed by atoms with E-state index in [4.69, 9.17) is 5.41 Å². The Morgan fingerprint density at radius 1 is 1.17 bits per heavy atom. The summed E-state index contributed by atoms with van der Waals surface area (Å²) < 4.78 is 15.7. The number of benzene rings is 2. The molecule has 0 saturated carbocycles. The first-order chi connectivity index (χ1) is 19.8. The lowest BCUT2D eigenvalue weighted by atomic mass is 9.65. The van der Waals surface area contributed by atoms with Gasteiger partial charge in [-0.05, 0) is 109 Å². The number of hydrogen-bond acceptors (Lipinski definition) is 7. The van der Waals surface area contributed by atoms with Crippen LogP contribution in [0.1, 0.15) is 34.5 Å². The van der Waals surface area contributed by atoms with Crippen LogP contribution in [0.3, 0.4) is 0 Å². The van der Waals surface area contributed by atoms with Crippen LogP contribution in [0.5, 0.6) is 0 Å². The van der Waals surface area contributed by atoms with E-state index >= 15 is 0 Å². The molecule has 2 aromatic carbocycles. The normalized spacial score (nSPS) is 20.4. The Morgan fingerprint density at radius 3 is 2.73 bits per heavy atom. The number of ketones is 1. The van der Waals surface area contributed by atoms with Gasteiger partial charge in [-0.25, -0.2) is 8.70 Å². The number of Topliss-reactive ketones (excluding diaryl/α,β-unsaturated/α-hetero) is 1. The molecule has 1 atom stereocenters. The van der Waals surface area contributed by atoms with Crippen LogP contribution in [0, 0.1) is 23.6 Å². The van der Waals surface area contributed by atoms with Gasteiger partial charge in [-0.2, -0.15) is 0 Å². The molecule has 0 bridgehead atoms. The van der Waals surface area contributed by atoms with E-state index in [1.165, 1.54) is 18.3 Å². The van der Waals surface area contributed by atoms with Gasteiger partial charge < -0.3 is 15.6 Å². The lowest BCUT2D eigenvalue weighted by molar-refractivity contribution is -0.117. The highest BCUT2D eigenvalue weighted by Crippen LogP contribution is 2.49. The minimum absolute atomic E-state index is 0.0564. The predicted molar refractivity (Wildman–Crippen MR) is 160 cm³/mol. The first-order valence-corrected chi connectivity index (χ1v) is 14.3. The van der Waals surface area contributed by atoms with Gasteiger partial charge in [-0.3, -0.25) is 14.6 Å². The molecule has 0 radical (unpaired) electrons. The molecule has 3 aromatic rings. The topological polar surface area (TPSA) is 89.4 Å². The van der Waals surface area contributed by atoms with Crippen LogP contribution in [0.25, 0.3) is 0 Å². The average Bonchev–Trinajstić information content (AvgIpc) is 3.25. The highest BCUT2D eigenvalue weighted by molar-refractivity contribution is 7.97. The summed E-state index contributed by atoms with van der Waals surface area (Å²) in [5.41, 5.74) is 5.60. The maximum Gasteiger partial charge on any atom is 0.231 e. The molecule has 41 heavy (non-hydrogen) atoms. The van der Waals surface area contributed by atoms with Crippen LogP contribution in [0.2, 0.25) is 0 Å². The van der Waals surface area contributed by atoms with Gasteiger partial charge in [0.05, 0.1) is 11.8 Å². The van der Waals surface area contributed by atoms with E-state index < -0.39 is 5.41 Å². The Labute approximate surface area is 242 Å². The van der Waals surface area contributed by atoms with Gasteiger partial charge in [0, 0.05) is 54.5 Å². The van der Waals surface area contributed by atoms with Gasteiger partial charge >= 0.3 is 0 Å². The third-order valence-electron chi connectivity index (χ3n) is 8.09. The fourth-order valence-corrected chi connectivity index (χ4v) is 6.99. The number of aryl methyl sites for hydroxylation is 1. The Balaban J connectivity index is 1.34. The number of carbonyl (C=O) groups excluding carboxylic acids is 2. The number of piperidine rings is 1. The molecule has 2 aliphatic heterocycles. The SMILES string of the molecule is Cc1ccnc(C(=O)C23CC(C=N)=C(Nc4ccc(F)cc4)C=C2CCN(Sc2ccc4c(c2)CC(=O)N4C)C3)c1. The van der Waals surface area contributed by atoms with E-state index in [0.717, 1.165) is 39.5 Å². The molecule has 3 aliphatic rings. The lowest BCUT2D eigenvalue weighted by Crippen LogP contribution is -2.49. The Hall–Kier alpha value is -4.08. The molecule has 208 valence electrons. The van der Waals surface area contributed by atoms with Gasteiger partial charge in [0.2, 0.25) is 5.91 Å². The number of anilines is 2. The fraction of sp³-hybridized carbons (Fsp3) is 0.250. The van der Waals surface area contributed by atoms with Crippen molar-refractivity contribution in [1.82, 2.24) is 9.29 Å². The average molecular weight is 568 g/mol. The van der Waals surface area contributed by atoms with Crippen LogP contribution >= 0.6 is 11.9 Å². The molecule has 7 nitrogen and oxygen atoms in total. The molecule has 1 aromatic heterocycles. The zero-order chi connectivity index (χ0) is 28.7. The van der Waals surface area contributed by atoms with Gasteiger partial charge in [0.15, 0.2) is 5.78 Å². The summed E-state index contributed by atoms with van der Waals surface area (Å²) in [7, 11) is 1.80. The number of amides is 1. The molecule has 0 spiro atoms. The summed E-state index contributed by atoms with van der Waals surface area (Å²) in [5.74, 6) is -0.289. The Morgan fingerprint density at radius 2 is 1.98 bits per heavy atom. The lowest BCUT2D eigenvalue weighted by Gasteiger charge is -2.45. The smallest absolute Gasteiger partial charge is 0.231 e. The minimum Gasteiger partial charge on any atom is -0.355 e. The third kappa shape index (κ3) is 5.11. The summed E-state index contributed by atoms with van der Waals surface area (Å²) in [4.78, 5) is 33.7. The van der Waals surface area contributed by atoms with E-state index in [1.807, 2.05) is 37.3 Å². The zero-order valence-electron chi connectivity index (χ0n) is 22.9. The summed E-state index contributed by atoms with van der Waals surface area (Å²) in [5, 5.41) is 11.6. The number of rotatable bonds is 7. The number of halogens is 1. The van der Waals surface area contributed by atoms with Crippen LogP contribution in [-0.4, -0.2) is 47.3 Å². The van der Waals surface area contributed by atoms with Crippen molar-refractivity contribution in [3.63, 3.8) is 0 Å². The quantitative estimate of drug-likeness (QED) is 0.208. The summed E-state index contributed by atoms with van der Waals surface area (Å²) >= 11 is 1.60. The van der Waals surface area contributed by atoms with Gasteiger partial charge in [-0.15, -0.1) is 0 Å². The van der Waals surface area contributed by atoms with Crippen molar-refractivity contribution in [1.29, 1.82) is 5.41 Å². The first kappa shape index (κ1) is 27.1. The van der Waals surface area contributed by atoms with E-state index in [0.29, 0.717) is 42.8 Å². The summed E-state index contributed by atoms with van der Waals surface area (Å²) in [6.07, 6.45) is 6.37. The van der Waals surface area contributed by atoms with Crippen LogP contribution < -0.4 is 10.2 Å². The van der Waals surface area contributed by atoms with E-state index in [-0.39, 0.29) is 17.5 Å². The van der Waals surface area contributed by atoms with Crippen molar-refractivity contribution in [3.8, 4) is 0 Å². The molecule has 1 unspecified atom stereocenters. The maximum absolute atomic E-state index is 14.4. The summed E-state index contributed by atoms with van der Waals surface area (Å²) in [6, 6.07) is 15.9. The number of carbonyl (C=O) groups is 2. The highest BCUT2D eigenvalue weighted by Gasteiger charge is 2.49. The summed E-state index contributed by atoms with van der Waals surface area (Å²) in [6.45, 7) is 3.13. The van der Waals surface area contributed by atoms with Gasteiger partial charge in [0.25, 0.3) is 0 Å². The number of nitrogens with one attached hydrogen (secondary N) is 2. The van der Waals surface area contributed by atoms with Gasteiger partial charge in [0.1, 0.15) is 11.5 Å². The van der Waals surface area contributed by atoms with Crippen molar-refractivity contribution in [2.75, 3.05) is 30.4 Å². The second-order valence-corrected chi connectivity index (χ2v) is 12.0. The van der Waals surface area contributed by atoms with Crippen LogP contribution in [-0.2, 0) is 11.2 Å². The number of fused-ring (bicyclic) bond motifs is 2. The van der Waals surface area contributed by atoms with Crippen LogP contribution in [0.4, 0.5) is 15.8 Å². The van der Waals surface area contributed by atoms with Crippen molar-refractivity contribution >= 4 is 41.2 Å². The molecule has 2 N–H and O–H groups in total. The number of allylic oxidation sites excluding steroid dienone is 2. The Bertz CT molecular complexity index is 1630. The molecule has 1 fully saturated rings. The van der Waals surface area contributed by atoms with E-state index in [9.17, 15) is 14.0 Å². The molecule has 9 heteroatoms. The highest BCUT2D eigenvalue weighted by atomic mass is 32.2. The monoisotopic (exact) mass is 567 g/mol. The zero-order valence-corrected chi connectivity index (χ0v) is 23.7. The number of nitrogens with zero attached hydrogens (tertiary/aromatic N) is 3. The standard InChI is InChI=1S/C32H30FN5O2S/c1-20-9-11-35-28(13-20)31(40)32-17-22(18-34)27(36-25-5-3-24(33)4-6-25)16-23(32)10-12-38(19-32)41-26-7-8-29-21(14-26)15-30(39)37(29)2/h3-9,11,13-14,16,18,34,36H,10,12,15,17,19H2,1-2H3. The number of hydrogen-bond donors (Lipinski definition) is 2. The molecule has 3 heterocycles. The van der Waals surface area contributed by atoms with E-state index in [2.05, 4.69) is 20.7 Å². The van der Waals surface area contributed by atoms with E-state index in [1.54, 1.807) is 42.2 Å². The molecule has 1 saturated heterocycles. The van der Waals surface area contributed by atoms with Crippen molar-refractivity contribution in [2.24, 2.45) is 5.41 Å². The van der Waals surface area contributed by atoms with Crippen molar-refractivity contribution in [3.05, 3.63) is 106 Å². The first-order valence-electron chi connectivity index (χ1n) is 13.5.